The first kappa shape index (κ1) is 35.4. The molecule has 5 aliphatic rings. The van der Waals surface area contributed by atoms with Gasteiger partial charge in [-0.15, -0.1) is 0 Å². The molecule has 0 aromatic heterocycles. The van der Waals surface area contributed by atoms with Crippen LogP contribution < -0.4 is 19.9 Å². The van der Waals surface area contributed by atoms with Gasteiger partial charge in [-0.2, -0.15) is 0 Å². The minimum Gasteiger partial charge on any atom is -0.508 e. The fourth-order valence-corrected chi connectivity index (χ4v) is 9.58. The Morgan fingerprint density at radius 2 is 1.55 bits per heavy atom. The van der Waals surface area contributed by atoms with Gasteiger partial charge in [0.05, 0.1) is 6.61 Å². The number of ether oxygens (including phenoxy) is 1. The van der Waals surface area contributed by atoms with Crippen LogP contribution in [0.2, 0.25) is 0 Å². The number of nitrogens with one attached hydrogen (secondary N) is 1. The number of aromatic hydroxyl groups is 1. The number of aryl methyl sites for hydroxylation is 1. The number of amides is 3. The van der Waals surface area contributed by atoms with Crippen LogP contribution in [0.25, 0.3) is 0 Å². The van der Waals surface area contributed by atoms with Gasteiger partial charge in [-0.25, -0.2) is 0 Å². The maximum Gasteiger partial charge on any atom is 0.255 e. The minimum atomic E-state index is -0.590. The molecule has 284 valence electrons. The van der Waals surface area contributed by atoms with E-state index in [0.717, 1.165) is 68.4 Å². The standard InChI is InChI=1S/C45H49N5O5/c1-29-3-2-4-32(23-29)39-28-55-41-25-36(51)10-12-38(41)43(39)31-5-7-34(8-6-31)48-17-15-30(16-18-48)26-47-19-21-49(22-20-47)35-9-11-37-33(24-35)27-50(45(37)54)40-13-14-42(52)46-44(40)53/h2-12,23-25,30,39-40,43,51H,13-22,26-28H2,1H3,(H,46,52,53)/t39-,40+,43-/m1/s1. The smallest absolute Gasteiger partial charge is 0.255 e. The minimum absolute atomic E-state index is 0.125. The summed E-state index contributed by atoms with van der Waals surface area (Å²) in [6, 6.07) is 28.9. The Labute approximate surface area is 322 Å². The summed E-state index contributed by atoms with van der Waals surface area (Å²) in [7, 11) is 0. The van der Waals surface area contributed by atoms with Crippen molar-refractivity contribution in [1.82, 2.24) is 15.1 Å². The Bertz CT molecular complexity index is 2100. The van der Waals surface area contributed by atoms with Gasteiger partial charge in [-0.1, -0.05) is 48.0 Å². The SMILES string of the molecule is Cc1cccc([C@H]2COc3cc(O)ccc3[C@H]2c2ccc(N3CCC(CN4CCN(c5ccc6c(c5)CN([C@H]5CCC(=O)NC5=O)C6=O)CC4)CC3)cc2)c1. The van der Waals surface area contributed by atoms with E-state index in [2.05, 4.69) is 81.5 Å². The molecule has 5 heterocycles. The maximum absolute atomic E-state index is 13.2. The molecule has 3 saturated heterocycles. The van der Waals surface area contributed by atoms with E-state index < -0.39 is 6.04 Å². The second-order valence-corrected chi connectivity index (χ2v) is 16.1. The van der Waals surface area contributed by atoms with Gasteiger partial charge in [0.1, 0.15) is 17.5 Å². The number of phenols is 1. The third-order valence-electron chi connectivity index (χ3n) is 12.6. The molecule has 3 fully saturated rings. The summed E-state index contributed by atoms with van der Waals surface area (Å²) in [6.45, 7) is 10.3. The second-order valence-electron chi connectivity index (χ2n) is 16.1. The highest BCUT2D eigenvalue weighted by Gasteiger charge is 2.39. The summed E-state index contributed by atoms with van der Waals surface area (Å²) < 4.78 is 6.21. The van der Waals surface area contributed by atoms with E-state index in [4.69, 9.17) is 4.74 Å². The van der Waals surface area contributed by atoms with Crippen molar-refractivity contribution in [2.75, 3.05) is 62.2 Å². The molecule has 4 aromatic carbocycles. The highest BCUT2D eigenvalue weighted by Crippen LogP contribution is 2.47. The van der Waals surface area contributed by atoms with E-state index >= 15 is 0 Å². The van der Waals surface area contributed by atoms with Crippen LogP contribution in [0.4, 0.5) is 11.4 Å². The number of piperazine rings is 1. The summed E-state index contributed by atoms with van der Waals surface area (Å²) in [5.41, 5.74) is 8.92. The lowest BCUT2D eigenvalue weighted by Crippen LogP contribution is -2.52. The van der Waals surface area contributed by atoms with E-state index in [1.54, 1.807) is 17.0 Å². The van der Waals surface area contributed by atoms with Crippen LogP contribution in [0.1, 0.15) is 75.7 Å². The summed E-state index contributed by atoms with van der Waals surface area (Å²) in [6.07, 6.45) is 2.99. The van der Waals surface area contributed by atoms with E-state index in [0.29, 0.717) is 31.1 Å². The molecule has 9 rings (SSSR count). The van der Waals surface area contributed by atoms with Crippen molar-refractivity contribution in [3.8, 4) is 11.5 Å². The number of fused-ring (bicyclic) bond motifs is 2. The summed E-state index contributed by atoms with van der Waals surface area (Å²) in [4.78, 5) is 46.4. The largest absolute Gasteiger partial charge is 0.508 e. The maximum atomic E-state index is 13.2. The number of benzene rings is 4. The number of rotatable bonds is 7. The van der Waals surface area contributed by atoms with E-state index in [9.17, 15) is 19.5 Å². The molecular formula is C45H49N5O5. The molecule has 0 spiro atoms. The molecule has 0 saturated carbocycles. The number of carbonyl (C=O) groups excluding carboxylic acids is 3. The number of piperidine rings is 2. The predicted octanol–water partition coefficient (Wildman–Crippen LogP) is 5.81. The zero-order valence-electron chi connectivity index (χ0n) is 31.5. The number of hydrogen-bond acceptors (Lipinski definition) is 8. The highest BCUT2D eigenvalue weighted by molar-refractivity contribution is 6.05. The zero-order chi connectivity index (χ0) is 37.6. The fraction of sp³-hybridized carbons (Fsp3) is 0.400. The van der Waals surface area contributed by atoms with Crippen LogP contribution in [-0.4, -0.2) is 91.1 Å². The molecule has 10 nitrogen and oxygen atoms in total. The number of anilines is 2. The van der Waals surface area contributed by atoms with Gasteiger partial charge in [0, 0.05) is 99.2 Å². The lowest BCUT2D eigenvalue weighted by atomic mass is 9.75. The number of carbonyl (C=O) groups is 3. The fourth-order valence-electron chi connectivity index (χ4n) is 9.58. The van der Waals surface area contributed by atoms with Crippen molar-refractivity contribution in [2.24, 2.45) is 5.92 Å². The first-order chi connectivity index (χ1) is 26.8. The van der Waals surface area contributed by atoms with Crippen LogP contribution in [-0.2, 0) is 16.1 Å². The van der Waals surface area contributed by atoms with Crippen LogP contribution in [0.15, 0.2) is 84.9 Å². The van der Waals surface area contributed by atoms with Gasteiger partial charge < -0.3 is 24.5 Å². The number of phenolic OH excluding ortho intramolecular Hbond substituents is 1. The van der Waals surface area contributed by atoms with Gasteiger partial charge in [-0.3, -0.25) is 24.6 Å². The average molecular weight is 740 g/mol. The van der Waals surface area contributed by atoms with Gasteiger partial charge >= 0.3 is 0 Å². The lowest BCUT2D eigenvalue weighted by Gasteiger charge is -2.40. The Balaban J connectivity index is 0.785. The highest BCUT2D eigenvalue weighted by atomic mass is 16.5. The van der Waals surface area contributed by atoms with Crippen LogP contribution in [0.3, 0.4) is 0 Å². The van der Waals surface area contributed by atoms with E-state index in [1.165, 1.54) is 35.2 Å². The van der Waals surface area contributed by atoms with Crippen molar-refractivity contribution in [3.05, 3.63) is 118 Å². The molecule has 0 bridgehead atoms. The summed E-state index contributed by atoms with van der Waals surface area (Å²) in [5, 5.41) is 12.6. The first-order valence-corrected chi connectivity index (χ1v) is 19.9. The number of nitrogens with zero attached hydrogens (tertiary/aromatic N) is 4. The predicted molar refractivity (Wildman–Crippen MR) is 212 cm³/mol. The summed E-state index contributed by atoms with van der Waals surface area (Å²) in [5.74, 6) is 1.21. The third kappa shape index (κ3) is 7.04. The van der Waals surface area contributed by atoms with Crippen molar-refractivity contribution >= 4 is 29.1 Å². The molecule has 0 radical (unpaired) electrons. The molecule has 4 aromatic rings. The van der Waals surface area contributed by atoms with E-state index in [-0.39, 0.29) is 41.7 Å². The molecular weight excluding hydrogens is 691 g/mol. The quantitative estimate of drug-likeness (QED) is 0.229. The van der Waals surface area contributed by atoms with Gasteiger partial charge in [0.15, 0.2) is 0 Å². The molecule has 55 heavy (non-hydrogen) atoms. The molecule has 3 amide bonds. The Hall–Kier alpha value is -5.35. The monoisotopic (exact) mass is 739 g/mol. The van der Waals surface area contributed by atoms with E-state index in [1.807, 2.05) is 18.2 Å². The van der Waals surface area contributed by atoms with Gasteiger partial charge in [0.2, 0.25) is 11.8 Å². The van der Waals surface area contributed by atoms with Crippen molar-refractivity contribution < 1.29 is 24.2 Å². The average Bonchev–Trinajstić information content (AvgIpc) is 3.52. The molecule has 0 unspecified atom stereocenters. The molecule has 2 N–H and O–H groups in total. The van der Waals surface area contributed by atoms with Crippen molar-refractivity contribution in [1.29, 1.82) is 0 Å². The first-order valence-electron chi connectivity index (χ1n) is 19.9. The van der Waals surface area contributed by atoms with Gasteiger partial charge in [0.25, 0.3) is 5.91 Å². The number of hydrogen-bond donors (Lipinski definition) is 2. The van der Waals surface area contributed by atoms with Crippen LogP contribution in [0.5, 0.6) is 11.5 Å². The van der Waals surface area contributed by atoms with Crippen molar-refractivity contribution in [3.63, 3.8) is 0 Å². The summed E-state index contributed by atoms with van der Waals surface area (Å²) >= 11 is 0. The Kier molecular flexibility index (Phi) is 9.46. The molecule has 3 atom stereocenters. The topological polar surface area (TPSA) is 106 Å². The Morgan fingerprint density at radius 3 is 2.31 bits per heavy atom. The number of imide groups is 1. The van der Waals surface area contributed by atoms with Crippen molar-refractivity contribution in [2.45, 2.75) is 57.0 Å². The molecule has 10 heteroatoms. The normalized spacial score (nSPS) is 23.3. The lowest BCUT2D eigenvalue weighted by molar-refractivity contribution is -0.136. The molecule has 5 aliphatic heterocycles. The van der Waals surface area contributed by atoms with Gasteiger partial charge in [-0.05, 0) is 85.2 Å². The molecule has 0 aliphatic carbocycles. The zero-order valence-corrected chi connectivity index (χ0v) is 31.5. The second kappa shape index (κ2) is 14.7. The van der Waals surface area contributed by atoms with Crippen LogP contribution in [0, 0.1) is 12.8 Å². The third-order valence-corrected chi connectivity index (χ3v) is 12.6. The van der Waals surface area contributed by atoms with Crippen LogP contribution >= 0.6 is 0 Å². The Morgan fingerprint density at radius 1 is 0.782 bits per heavy atom.